The van der Waals surface area contributed by atoms with E-state index in [4.69, 9.17) is 21.9 Å². The fourth-order valence-corrected chi connectivity index (χ4v) is 2.41. The monoisotopic (exact) mass is 483 g/mol. The molecule has 0 spiro atoms. The van der Waals surface area contributed by atoms with Gasteiger partial charge in [-0.3, -0.25) is 0 Å². The number of nitrogens with one attached hydrogen (secondary N) is 1. The van der Waals surface area contributed by atoms with E-state index in [0.717, 1.165) is 11.3 Å². The molecule has 0 amide bonds. The maximum Gasteiger partial charge on any atom is 0.248 e. The van der Waals surface area contributed by atoms with E-state index in [9.17, 15) is 0 Å². The Morgan fingerprint density at radius 3 is 2.73 bits per heavy atom. The summed E-state index contributed by atoms with van der Waals surface area (Å²) in [5.41, 5.74) is 9.98. The van der Waals surface area contributed by atoms with Crippen LogP contribution < -0.4 is 11.1 Å². The summed E-state index contributed by atoms with van der Waals surface area (Å²) in [5.74, 6) is 1.12. The van der Waals surface area contributed by atoms with Gasteiger partial charge < -0.3 is 15.6 Å². The summed E-state index contributed by atoms with van der Waals surface area (Å²) in [6.45, 7) is 4.30. The van der Waals surface area contributed by atoms with Crippen molar-refractivity contribution >= 4 is 47.2 Å². The third-order valence-electron chi connectivity index (χ3n) is 3.71. The van der Waals surface area contributed by atoms with Gasteiger partial charge in [-0.1, -0.05) is 35.0 Å². The zero-order chi connectivity index (χ0) is 17.8. The summed E-state index contributed by atoms with van der Waals surface area (Å²) in [5, 5.41) is 7.60. The van der Waals surface area contributed by atoms with E-state index in [2.05, 4.69) is 27.4 Å². The summed E-state index contributed by atoms with van der Waals surface area (Å²) in [6.07, 6.45) is 0. The molecule has 0 atom stereocenters. The molecule has 3 N–H and O–H groups in total. The number of aliphatic imine (C=N–C) groups is 1. The van der Waals surface area contributed by atoms with Crippen molar-refractivity contribution in [3.05, 3.63) is 64.5 Å². The van der Waals surface area contributed by atoms with Gasteiger partial charge >= 0.3 is 0 Å². The Morgan fingerprint density at radius 1 is 1.19 bits per heavy atom. The van der Waals surface area contributed by atoms with E-state index in [1.165, 1.54) is 11.1 Å². The Hall–Kier alpha value is -2.13. The van der Waals surface area contributed by atoms with Gasteiger partial charge in [-0.15, -0.1) is 24.0 Å². The van der Waals surface area contributed by atoms with E-state index in [-0.39, 0.29) is 36.5 Å². The van der Waals surface area contributed by atoms with Gasteiger partial charge in [0.05, 0.1) is 0 Å². The van der Waals surface area contributed by atoms with Gasteiger partial charge in [-0.2, -0.15) is 4.98 Å². The van der Waals surface area contributed by atoms with Crippen LogP contribution in [0.5, 0.6) is 0 Å². The molecule has 0 aliphatic rings. The van der Waals surface area contributed by atoms with Crippen LogP contribution in [0.3, 0.4) is 0 Å². The first kappa shape index (κ1) is 20.2. The molecule has 0 radical (unpaired) electrons. The summed E-state index contributed by atoms with van der Waals surface area (Å²) in [7, 11) is 0. The molecule has 0 fully saturated rings. The molecule has 8 heteroatoms. The number of aromatic nitrogens is 2. The Morgan fingerprint density at radius 2 is 2.00 bits per heavy atom. The zero-order valence-electron chi connectivity index (χ0n) is 14.4. The predicted molar refractivity (Wildman–Crippen MR) is 115 cm³/mol. The molecule has 3 aromatic rings. The lowest BCUT2D eigenvalue weighted by molar-refractivity contribution is 0.381. The molecule has 6 nitrogen and oxygen atoms in total. The first-order chi connectivity index (χ1) is 12.0. The van der Waals surface area contributed by atoms with E-state index >= 15 is 0 Å². The normalized spacial score (nSPS) is 11.1. The summed E-state index contributed by atoms with van der Waals surface area (Å²) in [6, 6.07) is 13.2. The van der Waals surface area contributed by atoms with Gasteiger partial charge in [-0.25, -0.2) is 4.99 Å². The van der Waals surface area contributed by atoms with Crippen molar-refractivity contribution in [3.8, 4) is 11.4 Å². The van der Waals surface area contributed by atoms with Crippen molar-refractivity contribution < 1.29 is 4.52 Å². The number of hydrogen-bond donors (Lipinski definition) is 2. The maximum absolute atomic E-state index is 5.97. The molecule has 1 heterocycles. The molecule has 3 rings (SSSR count). The first-order valence-corrected chi connectivity index (χ1v) is 8.12. The summed E-state index contributed by atoms with van der Waals surface area (Å²) in [4.78, 5) is 8.53. The topological polar surface area (TPSA) is 89.3 Å². The van der Waals surface area contributed by atoms with Crippen LogP contribution >= 0.6 is 35.6 Å². The smallest absolute Gasteiger partial charge is 0.248 e. The lowest BCUT2D eigenvalue weighted by atomic mass is 10.1. The molecular formula is C18H19ClIN5O. The molecule has 136 valence electrons. The highest BCUT2D eigenvalue weighted by atomic mass is 127. The second-order valence-electron chi connectivity index (χ2n) is 5.65. The first-order valence-electron chi connectivity index (χ1n) is 7.74. The second-order valence-corrected chi connectivity index (χ2v) is 6.08. The zero-order valence-corrected chi connectivity index (χ0v) is 17.4. The molecule has 0 saturated carbocycles. The molecule has 0 saturated heterocycles. The van der Waals surface area contributed by atoms with E-state index in [1.807, 2.05) is 37.3 Å². The lowest BCUT2D eigenvalue weighted by Crippen LogP contribution is -2.22. The number of halogens is 2. The lowest BCUT2D eigenvalue weighted by Gasteiger charge is -2.07. The highest BCUT2D eigenvalue weighted by Crippen LogP contribution is 2.20. The number of guanidine groups is 1. The number of anilines is 1. The van der Waals surface area contributed by atoms with Gasteiger partial charge in [0.25, 0.3) is 0 Å². The van der Waals surface area contributed by atoms with Crippen molar-refractivity contribution in [1.82, 2.24) is 10.1 Å². The average Bonchev–Trinajstić information content (AvgIpc) is 3.05. The van der Waals surface area contributed by atoms with Crippen LogP contribution in [0.2, 0.25) is 5.02 Å². The Balaban J connectivity index is 0.00000243. The fraction of sp³-hybridized carbons (Fsp3) is 0.167. The Labute approximate surface area is 173 Å². The van der Waals surface area contributed by atoms with Gasteiger partial charge in [0.1, 0.15) is 6.54 Å². The molecule has 26 heavy (non-hydrogen) atoms. The molecule has 0 bridgehead atoms. The van der Waals surface area contributed by atoms with Crippen LogP contribution in [0, 0.1) is 13.8 Å². The van der Waals surface area contributed by atoms with Crippen LogP contribution in [-0.4, -0.2) is 16.1 Å². The minimum absolute atomic E-state index is 0. The highest BCUT2D eigenvalue weighted by Gasteiger charge is 2.08. The summed E-state index contributed by atoms with van der Waals surface area (Å²) >= 11 is 5.97. The molecule has 1 aromatic heterocycles. The SMILES string of the molecule is Cc1ccc(NC(N)=NCc2nc(-c3cccc(Cl)c3)no2)cc1C.I. The number of hydrogen-bond acceptors (Lipinski definition) is 4. The molecule has 2 aromatic carbocycles. The number of rotatable bonds is 4. The minimum atomic E-state index is 0. The van der Waals surface area contributed by atoms with Gasteiger partial charge in [0.15, 0.2) is 5.96 Å². The van der Waals surface area contributed by atoms with Crippen molar-refractivity contribution in [2.24, 2.45) is 10.7 Å². The number of nitrogens with zero attached hydrogens (tertiary/aromatic N) is 3. The van der Waals surface area contributed by atoms with E-state index in [0.29, 0.717) is 16.7 Å². The molecule has 0 unspecified atom stereocenters. The van der Waals surface area contributed by atoms with Crippen molar-refractivity contribution in [2.45, 2.75) is 20.4 Å². The van der Waals surface area contributed by atoms with E-state index in [1.54, 1.807) is 12.1 Å². The standard InChI is InChI=1S/C18H18ClN5O.HI/c1-11-6-7-15(8-12(11)2)22-18(20)21-10-16-23-17(24-25-16)13-4-3-5-14(19)9-13;/h3-9H,10H2,1-2H3,(H3,20,21,22);1H. The molecular weight excluding hydrogens is 465 g/mol. The van der Waals surface area contributed by atoms with Crippen LogP contribution in [0.25, 0.3) is 11.4 Å². The van der Waals surface area contributed by atoms with Crippen LogP contribution in [0.4, 0.5) is 5.69 Å². The van der Waals surface area contributed by atoms with Crippen molar-refractivity contribution in [1.29, 1.82) is 0 Å². The predicted octanol–water partition coefficient (Wildman–Crippen LogP) is 4.55. The van der Waals surface area contributed by atoms with Crippen LogP contribution in [-0.2, 0) is 6.54 Å². The largest absolute Gasteiger partial charge is 0.370 e. The van der Waals surface area contributed by atoms with Gasteiger partial charge in [0.2, 0.25) is 11.7 Å². The number of benzene rings is 2. The van der Waals surface area contributed by atoms with Crippen molar-refractivity contribution in [3.63, 3.8) is 0 Å². The Bertz CT molecular complexity index is 925. The summed E-state index contributed by atoms with van der Waals surface area (Å²) < 4.78 is 5.20. The maximum atomic E-state index is 5.97. The molecule has 0 aliphatic carbocycles. The third kappa shape index (κ3) is 5.18. The second kappa shape index (κ2) is 9.00. The minimum Gasteiger partial charge on any atom is -0.370 e. The third-order valence-corrected chi connectivity index (χ3v) is 3.95. The van der Waals surface area contributed by atoms with Gasteiger partial charge in [0, 0.05) is 16.3 Å². The number of nitrogens with two attached hydrogens (primary N) is 1. The number of aryl methyl sites for hydroxylation is 2. The molecule has 0 aliphatic heterocycles. The van der Waals surface area contributed by atoms with E-state index < -0.39 is 0 Å². The Kier molecular flexibility index (Phi) is 6.98. The van der Waals surface area contributed by atoms with Crippen LogP contribution in [0.1, 0.15) is 17.0 Å². The highest BCUT2D eigenvalue weighted by molar-refractivity contribution is 14.0. The van der Waals surface area contributed by atoms with Gasteiger partial charge in [-0.05, 0) is 49.2 Å². The average molecular weight is 484 g/mol. The fourth-order valence-electron chi connectivity index (χ4n) is 2.22. The quantitative estimate of drug-likeness (QED) is 0.323. The van der Waals surface area contributed by atoms with Crippen molar-refractivity contribution in [2.75, 3.05) is 5.32 Å². The van der Waals surface area contributed by atoms with Crippen LogP contribution in [0.15, 0.2) is 52.0 Å².